The lowest BCUT2D eigenvalue weighted by Crippen LogP contribution is -2.24. The largest absolute Gasteiger partial charge is 0.357 e. The molecule has 0 atom stereocenters. The number of amides is 1. The van der Waals surface area contributed by atoms with Crippen LogP contribution in [0.3, 0.4) is 0 Å². The molecule has 0 unspecified atom stereocenters. The minimum absolute atomic E-state index is 0.107. The third kappa shape index (κ3) is 4.52. The standard InChI is InChI=1S/C18H16Cl2N4OS/c1-21-18-23-9-7-14(24-18)15-4-5-16(26-15)17(25)22-8-6-11-2-3-12(19)13(20)10-11/h2-5,7,9-10H,6,8H2,1H3,(H,22,25)(H,21,23,24). The number of nitrogens with zero attached hydrogens (tertiary/aromatic N) is 2. The van der Waals surface area contributed by atoms with E-state index in [1.165, 1.54) is 11.3 Å². The number of carbonyl (C=O) groups is 1. The predicted octanol–water partition coefficient (Wildman–Crippen LogP) is 4.53. The summed E-state index contributed by atoms with van der Waals surface area (Å²) in [5.74, 6) is 0.438. The zero-order valence-corrected chi connectivity index (χ0v) is 16.3. The summed E-state index contributed by atoms with van der Waals surface area (Å²) < 4.78 is 0. The minimum atomic E-state index is -0.107. The summed E-state index contributed by atoms with van der Waals surface area (Å²) in [6, 6.07) is 11.0. The molecule has 3 rings (SSSR count). The number of hydrogen-bond donors (Lipinski definition) is 2. The molecule has 8 heteroatoms. The average Bonchev–Trinajstić information content (AvgIpc) is 3.15. The van der Waals surface area contributed by atoms with Gasteiger partial charge in [-0.25, -0.2) is 9.97 Å². The predicted molar refractivity (Wildman–Crippen MR) is 107 cm³/mol. The van der Waals surface area contributed by atoms with Crippen molar-refractivity contribution >= 4 is 46.4 Å². The van der Waals surface area contributed by atoms with Crippen LogP contribution >= 0.6 is 34.5 Å². The van der Waals surface area contributed by atoms with E-state index in [-0.39, 0.29) is 5.91 Å². The number of anilines is 1. The maximum Gasteiger partial charge on any atom is 0.261 e. The highest BCUT2D eigenvalue weighted by atomic mass is 35.5. The number of aromatic nitrogens is 2. The van der Waals surface area contributed by atoms with Crippen molar-refractivity contribution in [1.29, 1.82) is 0 Å². The van der Waals surface area contributed by atoms with Crippen LogP contribution in [0.1, 0.15) is 15.2 Å². The van der Waals surface area contributed by atoms with Gasteiger partial charge < -0.3 is 10.6 Å². The third-order valence-corrected chi connectivity index (χ3v) is 5.49. The van der Waals surface area contributed by atoms with Gasteiger partial charge in [0.05, 0.1) is 25.5 Å². The second kappa shape index (κ2) is 8.49. The first kappa shape index (κ1) is 18.6. The van der Waals surface area contributed by atoms with Gasteiger partial charge in [0.1, 0.15) is 0 Å². The zero-order chi connectivity index (χ0) is 18.5. The normalized spacial score (nSPS) is 10.6. The van der Waals surface area contributed by atoms with E-state index in [1.54, 1.807) is 25.4 Å². The average molecular weight is 407 g/mol. The van der Waals surface area contributed by atoms with Crippen LogP contribution in [-0.2, 0) is 6.42 Å². The van der Waals surface area contributed by atoms with Gasteiger partial charge in [0.2, 0.25) is 5.95 Å². The van der Waals surface area contributed by atoms with Gasteiger partial charge in [-0.05, 0) is 42.3 Å². The van der Waals surface area contributed by atoms with Crippen LogP contribution in [0.15, 0.2) is 42.6 Å². The first-order valence-corrected chi connectivity index (χ1v) is 9.47. The lowest BCUT2D eigenvalue weighted by Gasteiger charge is -2.05. The van der Waals surface area contributed by atoms with Crippen LogP contribution in [-0.4, -0.2) is 29.5 Å². The molecule has 0 saturated carbocycles. The number of halogens is 2. The molecule has 2 N–H and O–H groups in total. The van der Waals surface area contributed by atoms with Gasteiger partial charge in [-0.15, -0.1) is 11.3 Å². The van der Waals surface area contributed by atoms with E-state index in [0.717, 1.165) is 16.1 Å². The molecule has 0 aliphatic heterocycles. The number of rotatable bonds is 6. The summed E-state index contributed by atoms with van der Waals surface area (Å²) in [6.07, 6.45) is 2.36. The Morgan fingerprint density at radius 1 is 1.15 bits per heavy atom. The van der Waals surface area contributed by atoms with Gasteiger partial charge in [-0.3, -0.25) is 4.79 Å². The molecule has 26 heavy (non-hydrogen) atoms. The summed E-state index contributed by atoms with van der Waals surface area (Å²) in [5.41, 5.74) is 1.80. The summed E-state index contributed by atoms with van der Waals surface area (Å²) in [7, 11) is 1.76. The zero-order valence-electron chi connectivity index (χ0n) is 13.9. The fraction of sp³-hybridized carbons (Fsp3) is 0.167. The van der Waals surface area contributed by atoms with Crippen LogP contribution in [0, 0.1) is 0 Å². The van der Waals surface area contributed by atoms with Gasteiger partial charge in [0, 0.05) is 19.8 Å². The van der Waals surface area contributed by atoms with Crippen molar-refractivity contribution in [2.75, 3.05) is 18.9 Å². The molecule has 134 valence electrons. The van der Waals surface area contributed by atoms with E-state index in [4.69, 9.17) is 23.2 Å². The van der Waals surface area contributed by atoms with Gasteiger partial charge >= 0.3 is 0 Å². The molecular formula is C18H16Cl2N4OS. The van der Waals surface area contributed by atoms with E-state index in [1.807, 2.05) is 24.3 Å². The van der Waals surface area contributed by atoms with Crippen molar-refractivity contribution in [2.24, 2.45) is 0 Å². The van der Waals surface area contributed by atoms with Crippen molar-refractivity contribution in [1.82, 2.24) is 15.3 Å². The quantitative estimate of drug-likeness (QED) is 0.630. The Morgan fingerprint density at radius 2 is 2.00 bits per heavy atom. The van der Waals surface area contributed by atoms with Crippen LogP contribution in [0.2, 0.25) is 10.0 Å². The molecule has 2 heterocycles. The Balaban J connectivity index is 1.60. The van der Waals surface area contributed by atoms with Gasteiger partial charge in [-0.2, -0.15) is 0 Å². The highest BCUT2D eigenvalue weighted by Crippen LogP contribution is 2.27. The fourth-order valence-electron chi connectivity index (χ4n) is 2.32. The van der Waals surface area contributed by atoms with E-state index < -0.39 is 0 Å². The molecule has 0 radical (unpaired) electrons. The maximum atomic E-state index is 12.3. The molecule has 0 saturated heterocycles. The Kier molecular flexibility index (Phi) is 6.08. The summed E-state index contributed by atoms with van der Waals surface area (Å²) in [5, 5.41) is 6.86. The monoisotopic (exact) mass is 406 g/mol. The van der Waals surface area contributed by atoms with Crippen molar-refractivity contribution in [3.63, 3.8) is 0 Å². The van der Waals surface area contributed by atoms with Crippen molar-refractivity contribution < 1.29 is 4.79 Å². The van der Waals surface area contributed by atoms with Gasteiger partial charge in [-0.1, -0.05) is 29.3 Å². The van der Waals surface area contributed by atoms with E-state index in [0.29, 0.717) is 33.8 Å². The Bertz CT molecular complexity index is 929. The van der Waals surface area contributed by atoms with Crippen molar-refractivity contribution in [3.05, 3.63) is 63.1 Å². The highest BCUT2D eigenvalue weighted by Gasteiger charge is 2.11. The molecule has 0 spiro atoms. The highest BCUT2D eigenvalue weighted by molar-refractivity contribution is 7.17. The Labute approximate surface area is 165 Å². The molecule has 3 aromatic rings. The molecule has 1 aromatic carbocycles. The van der Waals surface area contributed by atoms with Crippen molar-refractivity contribution in [3.8, 4) is 10.6 Å². The summed E-state index contributed by atoms with van der Waals surface area (Å²) in [4.78, 5) is 22.4. The number of carbonyl (C=O) groups excluding carboxylic acids is 1. The topological polar surface area (TPSA) is 66.9 Å². The molecule has 0 bridgehead atoms. The van der Waals surface area contributed by atoms with Gasteiger partial charge in [0.25, 0.3) is 5.91 Å². The van der Waals surface area contributed by atoms with Gasteiger partial charge in [0.15, 0.2) is 0 Å². The number of nitrogens with one attached hydrogen (secondary N) is 2. The second-order valence-corrected chi connectivity index (χ2v) is 7.33. The summed E-state index contributed by atoms with van der Waals surface area (Å²) in [6.45, 7) is 0.515. The van der Waals surface area contributed by atoms with E-state index in [9.17, 15) is 4.79 Å². The second-order valence-electron chi connectivity index (χ2n) is 5.43. The van der Waals surface area contributed by atoms with Crippen LogP contribution in [0.5, 0.6) is 0 Å². The SMILES string of the molecule is CNc1nccc(-c2ccc(C(=O)NCCc3ccc(Cl)c(Cl)c3)s2)n1. The van der Waals surface area contributed by atoms with Crippen molar-refractivity contribution in [2.45, 2.75) is 6.42 Å². The lowest BCUT2D eigenvalue weighted by molar-refractivity contribution is 0.0958. The molecular weight excluding hydrogens is 391 g/mol. The van der Waals surface area contributed by atoms with Crippen LogP contribution < -0.4 is 10.6 Å². The first-order chi connectivity index (χ1) is 12.6. The molecule has 0 aliphatic rings. The molecule has 5 nitrogen and oxygen atoms in total. The van der Waals surface area contributed by atoms with Crippen LogP contribution in [0.4, 0.5) is 5.95 Å². The molecule has 0 aliphatic carbocycles. The Morgan fingerprint density at radius 3 is 2.77 bits per heavy atom. The van der Waals surface area contributed by atoms with Crippen LogP contribution in [0.25, 0.3) is 10.6 Å². The lowest BCUT2D eigenvalue weighted by atomic mass is 10.1. The molecule has 2 aromatic heterocycles. The maximum absolute atomic E-state index is 12.3. The smallest absolute Gasteiger partial charge is 0.261 e. The third-order valence-electron chi connectivity index (χ3n) is 3.64. The first-order valence-electron chi connectivity index (χ1n) is 7.90. The fourth-order valence-corrected chi connectivity index (χ4v) is 3.53. The number of thiophene rings is 1. The minimum Gasteiger partial charge on any atom is -0.357 e. The van der Waals surface area contributed by atoms with E-state index in [2.05, 4.69) is 20.6 Å². The number of benzene rings is 1. The molecule has 1 amide bonds. The van der Waals surface area contributed by atoms with E-state index >= 15 is 0 Å². The summed E-state index contributed by atoms with van der Waals surface area (Å²) >= 11 is 13.3. The number of hydrogen-bond acceptors (Lipinski definition) is 5. The molecule has 0 fully saturated rings. The Hall–Kier alpha value is -2.15.